The first-order chi connectivity index (χ1) is 25.4. The fourth-order valence-electron chi connectivity index (χ4n) is 3.90. The van der Waals surface area contributed by atoms with Crippen molar-refractivity contribution in [2.24, 2.45) is 15.3 Å². The van der Waals surface area contributed by atoms with Crippen LogP contribution in [0.15, 0.2) is 106 Å². The molecule has 24 heteroatoms. The van der Waals surface area contributed by atoms with Crippen LogP contribution in [0.1, 0.15) is 13.8 Å². The number of primary sulfonamides is 1. The molecule has 0 unspecified atom stereocenters. The number of carbonyl (C=O) groups excluding carboxylic acids is 4. The number of carbonyl (C=O) groups is 4. The Kier molecular flexibility index (Phi) is 18.6. The maximum atomic E-state index is 12.3. The van der Waals surface area contributed by atoms with Gasteiger partial charge in [-0.15, -0.1) is 0 Å². The van der Waals surface area contributed by atoms with Crippen LogP contribution in [0.2, 0.25) is 0 Å². The molecule has 0 saturated heterocycles. The molecule has 0 bridgehead atoms. The number of hydrogen-bond acceptors (Lipinski definition) is 16. The van der Waals surface area contributed by atoms with Crippen LogP contribution in [-0.4, -0.2) is 63.3 Å². The predicted octanol–water partition coefficient (Wildman–Crippen LogP) is 0.241. The quantitative estimate of drug-likeness (QED) is 0.0237. The van der Waals surface area contributed by atoms with Crippen molar-refractivity contribution < 1.29 is 94.0 Å². The molecule has 56 heavy (non-hydrogen) atoms. The summed E-state index contributed by atoms with van der Waals surface area (Å²) >= 11 is 0. The Morgan fingerprint density at radius 2 is 1.04 bits per heavy atom. The minimum absolute atomic E-state index is 0. The molecule has 0 aliphatic carbocycles. The Labute approximate surface area is 349 Å². The molecule has 21 nitrogen and oxygen atoms in total. The zero-order chi connectivity index (χ0) is 40.2. The Bertz CT molecular complexity index is 2290. The van der Waals surface area contributed by atoms with Gasteiger partial charge in [-0.3, -0.25) is 50.3 Å². The molecule has 2 amide bonds. The van der Waals surface area contributed by atoms with Crippen molar-refractivity contribution in [1.82, 2.24) is 0 Å². The van der Waals surface area contributed by atoms with E-state index in [2.05, 4.69) is 31.7 Å². The number of para-hydroxylation sites is 1. The molecule has 1 radical (unpaired) electrons. The number of nitrogens with one attached hydrogen (secondary N) is 4. The summed E-state index contributed by atoms with van der Waals surface area (Å²) in [7, 11) is -3.90. The molecule has 0 spiro atoms. The van der Waals surface area contributed by atoms with Crippen LogP contribution in [0.4, 0.5) is 34.1 Å². The molecule has 4 aromatic rings. The van der Waals surface area contributed by atoms with Gasteiger partial charge in [0.1, 0.15) is 22.9 Å². The number of nitrogens with two attached hydrogens (primary N) is 1. The van der Waals surface area contributed by atoms with E-state index in [0.29, 0.717) is 5.69 Å². The first-order valence-corrected chi connectivity index (χ1v) is 16.4. The number of hydrogen-bond donors (Lipinski definition) is 7. The van der Waals surface area contributed by atoms with Crippen molar-refractivity contribution in [2.75, 3.05) is 21.5 Å². The number of sulfonamides is 1. The molecule has 0 aromatic heterocycles. The summed E-state index contributed by atoms with van der Waals surface area (Å²) in [5.74, 6) is -3.75. The topological polar surface area (TPSA) is 328 Å². The number of benzene rings is 4. The molecule has 0 saturated carbocycles. The standard InChI is InChI=1S/C16H15N5O7S.C16H14N4O5.Co.Na/c1-9(22)15(20-19-13-8-11(21(25)26)4-7-14(13)23)16(24)18-10-2-5-12(6-3-10)29(17,27)28;1-10(21)15(16(23)17-11-5-3-2-4-6-11)19-18-13-9-12(20(24)25)7-8-14(13)22;;/h2-8,19,23H,1H3,(H,18,24)(H2,17,27,28);2-9,18,22H,1H3,(H,17,23);;/q;;;+1/b20-15+;19-15+;;. The average molecular weight is 846 g/mol. The van der Waals surface area contributed by atoms with Gasteiger partial charge in [-0.2, -0.15) is 10.2 Å². The van der Waals surface area contributed by atoms with E-state index in [1.54, 1.807) is 30.3 Å². The van der Waals surface area contributed by atoms with E-state index >= 15 is 0 Å². The number of ketones is 2. The second-order valence-electron chi connectivity index (χ2n) is 10.5. The Morgan fingerprint density at radius 1 is 0.661 bits per heavy atom. The summed E-state index contributed by atoms with van der Waals surface area (Å²) in [6, 6.07) is 19.6. The van der Waals surface area contributed by atoms with Crippen LogP contribution in [0, 0.1) is 20.2 Å². The number of aromatic hydroxyl groups is 2. The average Bonchev–Trinajstić information content (AvgIpc) is 3.10. The van der Waals surface area contributed by atoms with Crippen molar-refractivity contribution in [3.63, 3.8) is 0 Å². The van der Waals surface area contributed by atoms with Crippen LogP contribution < -0.4 is 56.2 Å². The van der Waals surface area contributed by atoms with Gasteiger partial charge in [-0.05, 0) is 48.5 Å². The molecule has 0 aliphatic rings. The van der Waals surface area contributed by atoms with Crippen LogP contribution in [0.5, 0.6) is 11.5 Å². The number of hydrazone groups is 2. The summed E-state index contributed by atoms with van der Waals surface area (Å²) in [6.07, 6.45) is 0. The van der Waals surface area contributed by atoms with Crippen LogP contribution in [0.3, 0.4) is 0 Å². The zero-order valence-electron chi connectivity index (χ0n) is 29.2. The van der Waals surface area contributed by atoms with Gasteiger partial charge in [0.05, 0.1) is 14.7 Å². The number of phenols is 2. The first kappa shape index (κ1) is 47.9. The number of phenolic OH excluding ortho intramolecular Hbond substituents is 2. The van der Waals surface area contributed by atoms with E-state index in [0.717, 1.165) is 62.4 Å². The fourth-order valence-corrected chi connectivity index (χ4v) is 4.41. The molecule has 4 aromatic carbocycles. The third-order valence-corrected chi connectivity index (χ3v) is 7.46. The van der Waals surface area contributed by atoms with Gasteiger partial charge in [0.25, 0.3) is 23.2 Å². The number of Topliss-reactive ketones (excluding diaryl/α,β-unsaturated/α-hetero) is 2. The van der Waals surface area contributed by atoms with E-state index in [1.807, 2.05) is 0 Å². The van der Waals surface area contributed by atoms with Crippen LogP contribution in [-0.2, 0) is 46.0 Å². The van der Waals surface area contributed by atoms with Gasteiger partial charge in [0, 0.05) is 66.3 Å². The van der Waals surface area contributed by atoms with Gasteiger partial charge < -0.3 is 20.8 Å². The maximum Gasteiger partial charge on any atom is 1.00 e. The molecule has 8 N–H and O–H groups in total. The van der Waals surface area contributed by atoms with Gasteiger partial charge in [0.15, 0.2) is 23.0 Å². The number of nitrogens with zero attached hydrogens (tertiary/aromatic N) is 4. The molecule has 0 atom stereocenters. The molecule has 4 rings (SSSR count). The van der Waals surface area contributed by atoms with Gasteiger partial charge in [0.2, 0.25) is 10.0 Å². The first-order valence-electron chi connectivity index (χ1n) is 14.8. The largest absolute Gasteiger partial charge is 1.00 e. The summed E-state index contributed by atoms with van der Waals surface area (Å²) < 4.78 is 22.5. The van der Waals surface area contributed by atoms with Crippen LogP contribution >= 0.6 is 0 Å². The predicted molar refractivity (Wildman–Crippen MR) is 195 cm³/mol. The number of anilines is 4. The third-order valence-electron chi connectivity index (χ3n) is 6.53. The van der Waals surface area contributed by atoms with Crippen molar-refractivity contribution in [3.05, 3.63) is 111 Å². The molecule has 0 fully saturated rings. The van der Waals surface area contributed by atoms with Gasteiger partial charge >= 0.3 is 29.6 Å². The second-order valence-corrected chi connectivity index (χ2v) is 12.1. The monoisotopic (exact) mass is 845 g/mol. The maximum absolute atomic E-state index is 12.3. The van der Waals surface area contributed by atoms with Crippen molar-refractivity contribution in [2.45, 2.75) is 18.7 Å². The normalized spacial score (nSPS) is 10.8. The van der Waals surface area contributed by atoms with E-state index in [1.165, 1.54) is 12.1 Å². The summed E-state index contributed by atoms with van der Waals surface area (Å²) in [5.41, 5.74) is 3.21. The number of nitro groups is 2. The number of amides is 2. The number of nitro benzene ring substituents is 2. The Morgan fingerprint density at radius 3 is 1.38 bits per heavy atom. The molecular weight excluding hydrogens is 816 g/mol. The Balaban J connectivity index is 0.000000546. The van der Waals surface area contributed by atoms with E-state index in [-0.39, 0.29) is 91.2 Å². The SMILES string of the molecule is CC(=O)/C(=N\Nc1cc([N+](=O)[O-])ccc1O)C(=O)Nc1ccc(S(N)(=O)=O)cc1.CC(=O)/C(=N\Nc1cc([N+](=O)[O-])ccc1O)C(=O)Nc1ccccc1.[Co].[Na+]. The molecule has 0 aliphatic heterocycles. The number of non-ortho nitro benzene ring substituents is 2. The van der Waals surface area contributed by atoms with Gasteiger partial charge in [-0.1, -0.05) is 18.2 Å². The fraction of sp³-hybridized carbons (Fsp3) is 0.0625. The van der Waals surface area contributed by atoms with Crippen LogP contribution in [0.25, 0.3) is 0 Å². The third kappa shape index (κ3) is 14.3. The number of rotatable bonds is 13. The molecular formula is C32H29CoN9NaO12S+. The second kappa shape index (κ2) is 21.7. The van der Waals surface area contributed by atoms with Crippen molar-refractivity contribution >= 4 is 79.0 Å². The van der Waals surface area contributed by atoms with Crippen molar-refractivity contribution in [1.29, 1.82) is 0 Å². The van der Waals surface area contributed by atoms with E-state index < -0.39 is 54.7 Å². The van der Waals surface area contributed by atoms with E-state index in [9.17, 15) is 58.0 Å². The van der Waals surface area contributed by atoms with Crippen molar-refractivity contribution in [3.8, 4) is 11.5 Å². The minimum atomic E-state index is -3.90. The minimum Gasteiger partial charge on any atom is -0.506 e. The molecule has 0 heterocycles. The summed E-state index contributed by atoms with van der Waals surface area (Å²) in [5, 5.41) is 58.1. The Hall–Kier alpha value is -6.08. The summed E-state index contributed by atoms with van der Waals surface area (Å²) in [6.45, 7) is 2.22. The van der Waals surface area contributed by atoms with Gasteiger partial charge in [-0.25, -0.2) is 13.6 Å². The summed E-state index contributed by atoms with van der Waals surface area (Å²) in [4.78, 5) is 67.9. The van der Waals surface area contributed by atoms with E-state index in [4.69, 9.17) is 5.14 Å². The smallest absolute Gasteiger partial charge is 0.506 e. The molecule has 289 valence electrons. The zero-order valence-corrected chi connectivity index (χ0v) is 33.1.